The van der Waals surface area contributed by atoms with Crippen molar-refractivity contribution < 1.29 is 43.1 Å². The highest BCUT2D eigenvalue weighted by Crippen LogP contribution is 2.42. The number of aromatic nitrogens is 12. The number of fused-ring (bicyclic) bond motifs is 4. The summed E-state index contributed by atoms with van der Waals surface area (Å²) in [6, 6.07) is 47.2. The quantitative estimate of drug-likeness (QED) is 0.0173. The minimum atomic E-state index is -0.186. The molecule has 0 saturated heterocycles. The number of hydrogen-bond acceptors (Lipinski definition) is 20. The number of carbonyl (C=O) groups excluding carboxylic acids is 8. The molecule has 8 heterocycles. The fraction of sp³-hybridized carbons (Fsp3) is 0.385. The third-order valence-corrected chi connectivity index (χ3v) is 26.0. The van der Waals surface area contributed by atoms with Crippen molar-refractivity contribution in [3.8, 4) is 46.1 Å². The molecule has 0 radical (unpaired) electrons. The van der Waals surface area contributed by atoms with Crippen LogP contribution in [-0.4, -0.2) is 168 Å². The summed E-state index contributed by atoms with van der Waals surface area (Å²) in [4.78, 5) is 140. The Balaban J connectivity index is 0.000000150. The van der Waals surface area contributed by atoms with Crippen molar-refractivity contribution in [3.63, 3.8) is 0 Å². The molecule has 12 aromatic rings. The predicted octanol–water partition coefficient (Wildman–Crippen LogP) is 19.2. The first-order valence-corrected chi connectivity index (χ1v) is 47.5. The van der Waals surface area contributed by atoms with Gasteiger partial charge in [0.25, 0.3) is 23.6 Å². The summed E-state index contributed by atoms with van der Waals surface area (Å²) in [5, 5.41) is 15.7. The van der Waals surface area contributed by atoms with Crippen molar-refractivity contribution in [2.45, 2.75) is 225 Å². The van der Waals surface area contributed by atoms with Gasteiger partial charge >= 0.3 is 0 Å². The lowest BCUT2D eigenvalue weighted by Crippen LogP contribution is -2.41. The van der Waals surface area contributed by atoms with Gasteiger partial charge in [-0.1, -0.05) is 70.7 Å². The number of ether oxygens (including phenoxy) is 1. The van der Waals surface area contributed by atoms with E-state index in [1.165, 1.54) is 18.9 Å². The maximum Gasteiger partial charge on any atom is 0.286 e. The van der Waals surface area contributed by atoms with Crippen LogP contribution in [0, 0.1) is 0 Å². The number of likely N-dealkylation sites (N-methyl/N-ethyl adjacent to an activating group) is 2. The molecule has 28 heteroatoms. The number of imidazole rings is 4. The van der Waals surface area contributed by atoms with Crippen LogP contribution in [0.3, 0.4) is 0 Å². The van der Waals surface area contributed by atoms with E-state index in [4.69, 9.17) is 24.7 Å². The van der Waals surface area contributed by atoms with Gasteiger partial charge in [0.05, 0.1) is 67.5 Å². The Bertz CT molecular complexity index is 6050. The zero-order chi connectivity index (χ0) is 93.6. The summed E-state index contributed by atoms with van der Waals surface area (Å²) in [6.07, 6.45) is 31.1. The second-order valence-electron chi connectivity index (χ2n) is 34.0. The molecule has 0 bridgehead atoms. The van der Waals surface area contributed by atoms with Crippen LogP contribution in [-0.2, 0) is 23.9 Å². The highest BCUT2D eigenvalue weighted by molar-refractivity contribution is 8.03. The number of nitrogens with one attached hydrogen (secondary N) is 5. The topological polar surface area (TPSA) is 332 Å². The number of carbonyl (C=O) groups is 8. The van der Waals surface area contributed by atoms with Gasteiger partial charge in [-0.15, -0.1) is 11.8 Å². The molecule has 4 aliphatic carbocycles. The maximum absolute atomic E-state index is 12.8. The number of Topliss-reactive ketones (excluding diaryl/α,β-unsaturated/α-hetero) is 4. The van der Waals surface area contributed by atoms with E-state index >= 15 is 0 Å². The van der Waals surface area contributed by atoms with Gasteiger partial charge in [-0.25, -0.2) is 19.9 Å². The summed E-state index contributed by atoms with van der Waals surface area (Å²) >= 11 is 1.37. The van der Waals surface area contributed by atoms with Gasteiger partial charge in [-0.3, -0.25) is 58.3 Å². The first kappa shape index (κ1) is 96.2. The monoisotopic (exact) mass is 1800 g/mol. The number of hydrogen-bond donors (Lipinski definition) is 5. The first-order valence-electron chi connectivity index (χ1n) is 46.3. The van der Waals surface area contributed by atoms with Crippen LogP contribution in [0.4, 0.5) is 0 Å². The number of ketones is 4. The fourth-order valence-electron chi connectivity index (χ4n) is 18.7. The normalized spacial score (nSPS) is 18.7. The van der Waals surface area contributed by atoms with Gasteiger partial charge in [0.15, 0.2) is 52.2 Å². The molecule has 8 atom stereocenters. The molecule has 5 N–H and O–H groups in total. The second kappa shape index (κ2) is 45.5. The molecule has 4 saturated carbocycles. The van der Waals surface area contributed by atoms with Crippen LogP contribution >= 0.6 is 11.8 Å². The minimum absolute atomic E-state index is 0.0383. The van der Waals surface area contributed by atoms with Crippen LogP contribution in [0.1, 0.15) is 242 Å². The van der Waals surface area contributed by atoms with Crippen molar-refractivity contribution in [2.75, 3.05) is 34.5 Å². The van der Waals surface area contributed by atoms with Crippen molar-refractivity contribution in [1.29, 1.82) is 0 Å². The molecule has 4 aromatic carbocycles. The summed E-state index contributed by atoms with van der Waals surface area (Å²) in [7, 11) is 7.03. The summed E-state index contributed by atoms with van der Waals surface area (Å²) in [5.74, 6) is 3.54. The second-order valence-corrected chi connectivity index (χ2v) is 34.9. The molecule has 0 spiro atoms. The molecule has 688 valence electrons. The molecule has 4 amide bonds. The van der Waals surface area contributed by atoms with Crippen LogP contribution in [0.25, 0.3) is 90.2 Å². The number of rotatable bonds is 28. The molecule has 132 heavy (non-hydrogen) atoms. The number of amides is 4. The zero-order valence-electron chi connectivity index (χ0n) is 77.8. The van der Waals surface area contributed by atoms with Crippen molar-refractivity contribution in [3.05, 3.63) is 239 Å². The molecule has 4 fully saturated rings. The first-order chi connectivity index (χ1) is 64.0. The smallest absolute Gasteiger partial charge is 0.286 e. The Labute approximate surface area is 776 Å². The van der Waals surface area contributed by atoms with Gasteiger partial charge in [0.1, 0.15) is 22.8 Å². The minimum Gasteiger partial charge on any atom is -0.491 e. The lowest BCUT2D eigenvalue weighted by atomic mass is 9.90. The van der Waals surface area contributed by atoms with Gasteiger partial charge in [0, 0.05) is 142 Å². The Hall–Kier alpha value is -13.4. The summed E-state index contributed by atoms with van der Waals surface area (Å²) in [5.41, 5.74) is 14.3. The molecule has 4 aliphatic rings. The number of thioether (sulfide) groups is 1. The molecular weight excluding hydrogens is 1680 g/mol. The van der Waals surface area contributed by atoms with E-state index in [9.17, 15) is 38.4 Å². The molecule has 27 nitrogen and oxygen atoms in total. The molecule has 16 rings (SSSR count). The summed E-state index contributed by atoms with van der Waals surface area (Å²) < 4.78 is 14.2. The largest absolute Gasteiger partial charge is 0.491 e. The maximum atomic E-state index is 12.8. The van der Waals surface area contributed by atoms with Crippen LogP contribution in [0.5, 0.6) is 0 Å². The van der Waals surface area contributed by atoms with Gasteiger partial charge in [-0.2, -0.15) is 0 Å². The third kappa shape index (κ3) is 22.6. The van der Waals surface area contributed by atoms with Crippen LogP contribution < -0.4 is 26.6 Å². The average molecular weight is 1800 g/mol. The number of allylic oxidation sites excluding steroid dienone is 3. The fourth-order valence-corrected chi connectivity index (χ4v) is 18.9. The highest BCUT2D eigenvalue weighted by Gasteiger charge is 2.35. The van der Waals surface area contributed by atoms with Crippen molar-refractivity contribution >= 4 is 103 Å². The Morgan fingerprint density at radius 3 is 0.947 bits per heavy atom. The molecular formula is C104H122N18O9S. The number of methoxy groups -OCH3 is 1. The number of nitrogens with zero attached hydrogens (tertiary/aromatic N) is 13. The van der Waals surface area contributed by atoms with Gasteiger partial charge in [0.2, 0.25) is 0 Å². The molecule has 8 unspecified atom stereocenters. The van der Waals surface area contributed by atoms with Crippen molar-refractivity contribution in [2.24, 2.45) is 0 Å². The Kier molecular flexibility index (Phi) is 33.1. The highest BCUT2D eigenvalue weighted by atomic mass is 32.2. The predicted molar refractivity (Wildman–Crippen MR) is 522 cm³/mol. The lowest BCUT2D eigenvalue weighted by molar-refractivity contribution is -0.121. The summed E-state index contributed by atoms with van der Waals surface area (Å²) in [6.45, 7) is 16.8. The number of pyridine rings is 4. The van der Waals surface area contributed by atoms with E-state index in [2.05, 4.69) is 71.4 Å². The SMILES string of the molecule is C/C=C(/C(=O)NC1CCCC(n2c(-c3ccccn3)nc3cc(C(=O)CC)ccc32)C1)N(C)C.C/C=C(\NC)C(=O)NC1CCCC(n2c(-c3ccccn3)nc3cc(C(=O)CC)ccc32)C1.C/C=C(\OC)C(=O)NC1CCCC(n2c(-c3ccccn3)nc3cc(C(=O)CC)ccc32)C1.C=C(SC)C(=O)NC1CCCC(n2c(-c3ccccn3)nc3cc(C(=O)CC)ccc32)C1. The van der Waals surface area contributed by atoms with Crippen LogP contribution in [0.15, 0.2) is 217 Å². The molecule has 0 aliphatic heterocycles. The Morgan fingerprint density at radius 2 is 0.705 bits per heavy atom. The van der Waals surface area contributed by atoms with E-state index in [-0.39, 0.29) is 95.1 Å². The zero-order valence-corrected chi connectivity index (χ0v) is 78.6. The van der Waals surface area contributed by atoms with E-state index < -0.39 is 0 Å². The van der Waals surface area contributed by atoms with E-state index in [0.717, 1.165) is 193 Å². The van der Waals surface area contributed by atoms with E-state index in [1.54, 1.807) is 50.9 Å². The van der Waals surface area contributed by atoms with Crippen LogP contribution in [0.2, 0.25) is 0 Å². The van der Waals surface area contributed by atoms with Gasteiger partial charge < -0.3 is 54.5 Å². The lowest BCUT2D eigenvalue weighted by Gasteiger charge is -2.32. The average Bonchev–Trinajstić information content (AvgIpc) is 1.63. The van der Waals surface area contributed by atoms with E-state index in [1.807, 2.05) is 218 Å². The van der Waals surface area contributed by atoms with Gasteiger partial charge in [-0.05, 0) is 257 Å². The standard InChI is InChI=1S/C27H33N5O2.C26H31N5O2.C26H30N4O3.C25H28N4O2S/c1-5-23(31(3)4)27(34)29-19-10-9-11-20(17-19)32-24-14-13-18(25(33)6-2)16-22(24)30-26(32)21-12-7-8-15-28-21;1-4-20(27-3)26(33)29-18-9-8-10-19(16-18)31-23-13-12-17(24(32)5-2)15-22(23)30-25(31)21-11-6-7-14-28-21;1-4-23(31)17-12-13-22-21(15-17)29-25(20-11-6-7-14-27-20)30(22)19-10-8-9-18(16-19)28-26(32)24(5-2)33-3;1-4-23(30)17-11-12-22-21(14-17)28-24(20-10-5-6-13-26-20)29(22)19-9-7-8-18(15-19)27-25(31)16(2)32-3/h5,7-8,12-16,19-20H,6,9-11,17H2,1-4H3,(H,29,34);4,6-7,11-15,18-19,27H,5,8-10,16H2,1-3H3,(H,29,33);5-7,11-15,18-19H,4,8-10,16H2,1-3H3,(H,28,32);5-6,10-14,18-19H,2,4,7-9,15H2,1,3H3,(H,27,31)/b23-5-;20-4-;24-5-;. The van der Waals surface area contributed by atoms with Crippen molar-refractivity contribution in [1.82, 2.24) is 89.6 Å². The third-order valence-electron chi connectivity index (χ3n) is 25.3. The Morgan fingerprint density at radius 1 is 0.409 bits per heavy atom. The van der Waals surface area contributed by atoms with E-state index in [0.29, 0.717) is 70.0 Å². The molecule has 8 aromatic heterocycles. The number of benzene rings is 4.